The molecule has 1 aliphatic rings. The predicted octanol–water partition coefficient (Wildman–Crippen LogP) is 3.14. The van der Waals surface area contributed by atoms with E-state index in [2.05, 4.69) is 21.2 Å². The Morgan fingerprint density at radius 3 is 2.41 bits per heavy atom. The summed E-state index contributed by atoms with van der Waals surface area (Å²) in [5.41, 5.74) is 1.92. The molecule has 140 valence electrons. The minimum atomic E-state index is -0.423. The van der Waals surface area contributed by atoms with Crippen LogP contribution in [0, 0.1) is 5.92 Å². The van der Waals surface area contributed by atoms with Gasteiger partial charge in [-0.15, -0.1) is 0 Å². The summed E-state index contributed by atoms with van der Waals surface area (Å²) in [5.74, 6) is -0.801. The largest absolute Gasteiger partial charge is 0.345 e. The molecule has 2 aromatic carbocycles. The van der Waals surface area contributed by atoms with Crippen molar-refractivity contribution in [3.8, 4) is 0 Å². The molecular weight excluding hydrogens is 410 g/mol. The molecular formula is C20H20BrN3O3. The first-order chi connectivity index (χ1) is 12.9. The standard InChI is InChI=1S/C20H20BrN3O3/c1-23(2)20(27)13-7-9-15(10-8-13)22-19(26)14-11-18(25)24(12-14)17-6-4-3-5-16(17)21/h3-10,14H,11-12H2,1-2H3,(H,22,26)/t14-/m0/s1. The van der Waals surface area contributed by atoms with Crippen LogP contribution in [0.25, 0.3) is 0 Å². The average Bonchev–Trinajstić information content (AvgIpc) is 3.04. The highest BCUT2D eigenvalue weighted by Crippen LogP contribution is 2.31. The van der Waals surface area contributed by atoms with E-state index in [1.807, 2.05) is 24.3 Å². The van der Waals surface area contributed by atoms with E-state index in [1.165, 1.54) is 4.90 Å². The summed E-state index contributed by atoms with van der Waals surface area (Å²) >= 11 is 3.45. The van der Waals surface area contributed by atoms with Gasteiger partial charge in [0.15, 0.2) is 0 Å². The fourth-order valence-corrected chi connectivity index (χ4v) is 3.48. The van der Waals surface area contributed by atoms with Gasteiger partial charge in [0, 0.05) is 42.8 Å². The van der Waals surface area contributed by atoms with Crippen LogP contribution in [0.2, 0.25) is 0 Å². The Labute approximate surface area is 166 Å². The quantitative estimate of drug-likeness (QED) is 0.811. The van der Waals surface area contributed by atoms with Gasteiger partial charge in [0.1, 0.15) is 0 Å². The summed E-state index contributed by atoms with van der Waals surface area (Å²) in [5, 5.41) is 2.83. The van der Waals surface area contributed by atoms with Gasteiger partial charge in [0.25, 0.3) is 5.91 Å². The minimum absolute atomic E-state index is 0.0750. The number of hydrogen-bond donors (Lipinski definition) is 1. The SMILES string of the molecule is CN(C)C(=O)c1ccc(NC(=O)[C@H]2CC(=O)N(c3ccccc3Br)C2)cc1. The van der Waals surface area contributed by atoms with Gasteiger partial charge in [-0.1, -0.05) is 12.1 Å². The van der Waals surface area contributed by atoms with E-state index in [1.54, 1.807) is 43.3 Å². The molecule has 0 unspecified atom stereocenters. The molecule has 2 aromatic rings. The molecule has 1 aliphatic heterocycles. The van der Waals surface area contributed by atoms with Crippen LogP contribution in [0.1, 0.15) is 16.8 Å². The van der Waals surface area contributed by atoms with Gasteiger partial charge >= 0.3 is 0 Å². The normalized spacial score (nSPS) is 16.3. The molecule has 7 heteroatoms. The summed E-state index contributed by atoms with van der Waals surface area (Å²) in [6, 6.07) is 14.2. The van der Waals surface area contributed by atoms with Crippen molar-refractivity contribution in [1.82, 2.24) is 4.90 Å². The van der Waals surface area contributed by atoms with E-state index in [-0.39, 0.29) is 24.1 Å². The molecule has 27 heavy (non-hydrogen) atoms. The second kappa shape index (κ2) is 7.92. The van der Waals surface area contributed by atoms with E-state index in [9.17, 15) is 14.4 Å². The fourth-order valence-electron chi connectivity index (χ4n) is 2.99. The summed E-state index contributed by atoms with van der Waals surface area (Å²) < 4.78 is 0.820. The van der Waals surface area contributed by atoms with Gasteiger partial charge in [-0.25, -0.2) is 0 Å². The van der Waals surface area contributed by atoms with Crippen LogP contribution in [0.5, 0.6) is 0 Å². The van der Waals surface area contributed by atoms with Gasteiger partial charge in [-0.05, 0) is 52.3 Å². The number of para-hydroxylation sites is 1. The monoisotopic (exact) mass is 429 g/mol. The number of halogens is 1. The van der Waals surface area contributed by atoms with Crippen molar-refractivity contribution >= 4 is 45.0 Å². The van der Waals surface area contributed by atoms with Gasteiger partial charge in [0.2, 0.25) is 11.8 Å². The van der Waals surface area contributed by atoms with Gasteiger partial charge in [-0.3, -0.25) is 14.4 Å². The van der Waals surface area contributed by atoms with Crippen molar-refractivity contribution in [3.63, 3.8) is 0 Å². The van der Waals surface area contributed by atoms with Crippen LogP contribution in [-0.2, 0) is 9.59 Å². The molecule has 0 aromatic heterocycles. The zero-order valence-electron chi connectivity index (χ0n) is 15.1. The smallest absolute Gasteiger partial charge is 0.253 e. The summed E-state index contributed by atoms with van der Waals surface area (Å²) in [6.45, 7) is 0.338. The second-order valence-electron chi connectivity index (χ2n) is 6.62. The zero-order valence-corrected chi connectivity index (χ0v) is 16.7. The Morgan fingerprint density at radius 2 is 1.78 bits per heavy atom. The Morgan fingerprint density at radius 1 is 1.11 bits per heavy atom. The first-order valence-electron chi connectivity index (χ1n) is 8.54. The van der Waals surface area contributed by atoms with Crippen LogP contribution >= 0.6 is 15.9 Å². The van der Waals surface area contributed by atoms with Gasteiger partial charge in [0.05, 0.1) is 11.6 Å². The van der Waals surface area contributed by atoms with E-state index < -0.39 is 5.92 Å². The van der Waals surface area contributed by atoms with E-state index in [0.29, 0.717) is 17.8 Å². The Balaban J connectivity index is 1.66. The number of amides is 3. The number of anilines is 2. The number of rotatable bonds is 4. The third-order valence-corrected chi connectivity index (χ3v) is 5.12. The third kappa shape index (κ3) is 4.19. The maximum atomic E-state index is 12.6. The second-order valence-corrected chi connectivity index (χ2v) is 7.48. The molecule has 0 spiro atoms. The predicted molar refractivity (Wildman–Crippen MR) is 108 cm³/mol. The molecule has 0 radical (unpaired) electrons. The maximum absolute atomic E-state index is 12.6. The zero-order chi connectivity index (χ0) is 19.6. The topological polar surface area (TPSA) is 69.7 Å². The van der Waals surface area contributed by atoms with Crippen molar-refractivity contribution < 1.29 is 14.4 Å². The van der Waals surface area contributed by atoms with Crippen LogP contribution in [-0.4, -0.2) is 43.3 Å². The highest BCUT2D eigenvalue weighted by Gasteiger charge is 2.35. The van der Waals surface area contributed by atoms with Crippen molar-refractivity contribution in [2.24, 2.45) is 5.92 Å². The molecule has 0 saturated carbocycles. The molecule has 6 nitrogen and oxygen atoms in total. The molecule has 1 saturated heterocycles. The molecule has 1 fully saturated rings. The van der Waals surface area contributed by atoms with E-state index in [4.69, 9.17) is 0 Å². The Kier molecular flexibility index (Phi) is 5.60. The molecule has 3 amide bonds. The lowest BCUT2D eigenvalue weighted by Gasteiger charge is -2.18. The van der Waals surface area contributed by atoms with Crippen LogP contribution in [0.3, 0.4) is 0 Å². The van der Waals surface area contributed by atoms with Crippen molar-refractivity contribution in [2.75, 3.05) is 30.9 Å². The van der Waals surface area contributed by atoms with E-state index >= 15 is 0 Å². The molecule has 0 aliphatic carbocycles. The lowest BCUT2D eigenvalue weighted by atomic mass is 10.1. The van der Waals surface area contributed by atoms with Crippen LogP contribution < -0.4 is 10.2 Å². The fraction of sp³-hybridized carbons (Fsp3) is 0.250. The number of carbonyl (C=O) groups is 3. The number of hydrogen-bond acceptors (Lipinski definition) is 3. The third-order valence-electron chi connectivity index (χ3n) is 4.44. The van der Waals surface area contributed by atoms with Crippen LogP contribution in [0.4, 0.5) is 11.4 Å². The summed E-state index contributed by atoms with van der Waals surface area (Å²) in [4.78, 5) is 40.0. The van der Waals surface area contributed by atoms with Gasteiger partial charge in [-0.2, -0.15) is 0 Å². The first-order valence-corrected chi connectivity index (χ1v) is 9.33. The molecule has 1 atom stereocenters. The number of benzene rings is 2. The first kappa shape index (κ1) is 19.1. The molecule has 1 heterocycles. The highest BCUT2D eigenvalue weighted by atomic mass is 79.9. The summed E-state index contributed by atoms with van der Waals surface area (Å²) in [7, 11) is 3.37. The lowest BCUT2D eigenvalue weighted by molar-refractivity contribution is -0.122. The molecule has 3 rings (SSSR count). The Hall–Kier alpha value is -2.67. The molecule has 1 N–H and O–H groups in total. The highest BCUT2D eigenvalue weighted by molar-refractivity contribution is 9.10. The van der Waals surface area contributed by atoms with Crippen molar-refractivity contribution in [3.05, 3.63) is 58.6 Å². The number of nitrogens with zero attached hydrogens (tertiary/aromatic N) is 2. The molecule has 0 bridgehead atoms. The van der Waals surface area contributed by atoms with Crippen LogP contribution in [0.15, 0.2) is 53.0 Å². The average molecular weight is 430 g/mol. The van der Waals surface area contributed by atoms with Gasteiger partial charge < -0.3 is 15.1 Å². The maximum Gasteiger partial charge on any atom is 0.253 e. The Bertz CT molecular complexity index is 880. The number of carbonyl (C=O) groups excluding carboxylic acids is 3. The lowest BCUT2D eigenvalue weighted by Crippen LogP contribution is -2.28. The number of nitrogens with one attached hydrogen (secondary N) is 1. The van der Waals surface area contributed by atoms with E-state index in [0.717, 1.165) is 10.2 Å². The minimum Gasteiger partial charge on any atom is -0.345 e. The summed E-state index contributed by atoms with van der Waals surface area (Å²) in [6.07, 6.45) is 0.171. The van der Waals surface area contributed by atoms with Crippen molar-refractivity contribution in [1.29, 1.82) is 0 Å². The van der Waals surface area contributed by atoms with Crippen molar-refractivity contribution in [2.45, 2.75) is 6.42 Å².